The lowest BCUT2D eigenvalue weighted by Crippen LogP contribution is -2.26. The third-order valence-electron chi connectivity index (χ3n) is 3.60. The molecule has 0 unspecified atom stereocenters. The molecule has 0 saturated carbocycles. The van der Waals surface area contributed by atoms with E-state index in [9.17, 15) is 14.0 Å². The van der Waals surface area contributed by atoms with Crippen molar-refractivity contribution in [3.05, 3.63) is 68.7 Å². The summed E-state index contributed by atoms with van der Waals surface area (Å²) >= 11 is 5.69. The average molecular weight is 346 g/mol. The van der Waals surface area contributed by atoms with Crippen LogP contribution >= 0.6 is 11.6 Å². The van der Waals surface area contributed by atoms with Crippen molar-refractivity contribution >= 4 is 34.1 Å². The number of aromatic nitrogens is 2. The highest BCUT2D eigenvalue weighted by Crippen LogP contribution is 2.19. The molecule has 0 atom stereocenters. The summed E-state index contributed by atoms with van der Waals surface area (Å²) in [7, 11) is 1.66. The number of nitrogens with one attached hydrogen (secondary N) is 1. The number of hydrogen-bond acceptors (Lipinski definition) is 3. The van der Waals surface area contributed by atoms with Gasteiger partial charge in [0, 0.05) is 12.7 Å². The molecule has 1 heterocycles. The van der Waals surface area contributed by atoms with Crippen molar-refractivity contribution in [2.24, 2.45) is 7.05 Å². The number of amides is 1. The van der Waals surface area contributed by atoms with Crippen LogP contribution in [0.3, 0.4) is 0 Å². The second kappa shape index (κ2) is 6.05. The van der Waals surface area contributed by atoms with E-state index in [1.54, 1.807) is 19.2 Å². The van der Waals surface area contributed by atoms with Crippen molar-refractivity contribution in [3.8, 4) is 0 Å². The summed E-state index contributed by atoms with van der Waals surface area (Å²) in [4.78, 5) is 25.0. The van der Waals surface area contributed by atoms with Crippen LogP contribution in [0.25, 0.3) is 10.9 Å². The highest BCUT2D eigenvalue weighted by atomic mass is 35.5. The minimum Gasteiger partial charge on any atom is -0.320 e. The van der Waals surface area contributed by atoms with Gasteiger partial charge in [0.05, 0.1) is 15.9 Å². The zero-order valence-electron chi connectivity index (χ0n) is 12.9. The van der Waals surface area contributed by atoms with Crippen molar-refractivity contribution in [2.75, 3.05) is 5.32 Å². The number of fused-ring (bicyclic) bond motifs is 1. The first-order valence-electron chi connectivity index (χ1n) is 7.11. The zero-order chi connectivity index (χ0) is 17.4. The molecule has 0 spiro atoms. The molecule has 1 amide bonds. The van der Waals surface area contributed by atoms with E-state index in [4.69, 9.17) is 11.6 Å². The Morgan fingerprint density at radius 3 is 2.71 bits per heavy atom. The van der Waals surface area contributed by atoms with E-state index in [1.165, 1.54) is 16.8 Å². The number of benzene rings is 2. The maximum Gasteiger partial charge on any atom is 0.280 e. The number of rotatable bonds is 2. The third kappa shape index (κ3) is 2.88. The maximum atomic E-state index is 13.2. The van der Waals surface area contributed by atoms with Gasteiger partial charge in [-0.25, -0.2) is 4.39 Å². The summed E-state index contributed by atoms with van der Waals surface area (Å²) < 4.78 is 14.7. The van der Waals surface area contributed by atoms with Crippen LogP contribution in [0.15, 0.2) is 41.2 Å². The predicted molar refractivity (Wildman–Crippen MR) is 91.1 cm³/mol. The van der Waals surface area contributed by atoms with Crippen molar-refractivity contribution in [3.63, 3.8) is 0 Å². The Kier molecular flexibility index (Phi) is 4.07. The molecule has 24 heavy (non-hydrogen) atoms. The standard InChI is InChI=1S/C17H13ClFN3O2/c1-9-3-6-14-11(7-9)16(23)15(21-22(14)2)17(24)20-10-4-5-13(19)12(18)8-10/h3-8H,1-2H3,(H,20,24). The summed E-state index contributed by atoms with van der Waals surface area (Å²) in [6.07, 6.45) is 0. The topological polar surface area (TPSA) is 64.0 Å². The summed E-state index contributed by atoms with van der Waals surface area (Å²) in [6, 6.07) is 9.11. The Morgan fingerprint density at radius 1 is 1.25 bits per heavy atom. The second-order valence-electron chi connectivity index (χ2n) is 5.40. The number of hydrogen-bond donors (Lipinski definition) is 1. The fraction of sp³-hybridized carbons (Fsp3) is 0.118. The van der Waals surface area contributed by atoms with E-state index in [2.05, 4.69) is 10.4 Å². The predicted octanol–water partition coefficient (Wildman–Crippen LogP) is 3.29. The summed E-state index contributed by atoms with van der Waals surface area (Å²) in [6.45, 7) is 1.86. The Balaban J connectivity index is 2.05. The van der Waals surface area contributed by atoms with Crippen LogP contribution in [-0.4, -0.2) is 15.7 Å². The molecular formula is C17H13ClFN3O2. The molecule has 0 bridgehead atoms. The van der Waals surface area contributed by atoms with Crippen molar-refractivity contribution in [2.45, 2.75) is 6.92 Å². The van der Waals surface area contributed by atoms with Gasteiger partial charge in [-0.05, 0) is 37.3 Å². The molecule has 7 heteroatoms. The van der Waals surface area contributed by atoms with Crippen LogP contribution in [0.5, 0.6) is 0 Å². The van der Waals surface area contributed by atoms with Gasteiger partial charge in [0.2, 0.25) is 5.43 Å². The number of aryl methyl sites for hydroxylation is 2. The zero-order valence-corrected chi connectivity index (χ0v) is 13.7. The Hall–Kier alpha value is -2.73. The number of anilines is 1. The van der Waals surface area contributed by atoms with Crippen LogP contribution in [-0.2, 0) is 7.05 Å². The van der Waals surface area contributed by atoms with E-state index in [0.717, 1.165) is 11.6 Å². The molecule has 0 radical (unpaired) electrons. The Labute approximate surface area is 141 Å². The van der Waals surface area contributed by atoms with Crippen LogP contribution < -0.4 is 10.7 Å². The van der Waals surface area contributed by atoms with E-state index in [-0.39, 0.29) is 16.4 Å². The molecule has 3 aromatic rings. The molecule has 0 fully saturated rings. The quantitative estimate of drug-likeness (QED) is 0.775. The van der Waals surface area contributed by atoms with Gasteiger partial charge in [-0.2, -0.15) is 5.10 Å². The monoisotopic (exact) mass is 345 g/mol. The van der Waals surface area contributed by atoms with Crippen LogP contribution in [0.2, 0.25) is 5.02 Å². The largest absolute Gasteiger partial charge is 0.320 e. The lowest BCUT2D eigenvalue weighted by atomic mass is 10.1. The number of carbonyl (C=O) groups is 1. The minimum absolute atomic E-state index is 0.122. The molecule has 122 valence electrons. The van der Waals surface area contributed by atoms with Crippen LogP contribution in [0.4, 0.5) is 10.1 Å². The van der Waals surface area contributed by atoms with E-state index in [0.29, 0.717) is 10.9 Å². The van der Waals surface area contributed by atoms with Gasteiger partial charge in [0.25, 0.3) is 5.91 Å². The fourth-order valence-corrected chi connectivity index (χ4v) is 2.58. The van der Waals surface area contributed by atoms with Gasteiger partial charge in [0.1, 0.15) is 5.82 Å². The van der Waals surface area contributed by atoms with Crippen LogP contribution in [0.1, 0.15) is 16.1 Å². The molecule has 2 aromatic carbocycles. The summed E-state index contributed by atoms with van der Waals surface area (Å²) in [5.74, 6) is -1.27. The number of halogens is 2. The molecule has 0 aliphatic heterocycles. The lowest BCUT2D eigenvalue weighted by Gasteiger charge is -2.09. The van der Waals surface area contributed by atoms with Gasteiger partial charge in [0.15, 0.2) is 5.69 Å². The summed E-state index contributed by atoms with van der Waals surface area (Å²) in [5.41, 5.74) is 1.11. The van der Waals surface area contributed by atoms with Gasteiger partial charge in [-0.15, -0.1) is 0 Å². The van der Waals surface area contributed by atoms with Crippen molar-refractivity contribution in [1.82, 2.24) is 9.78 Å². The van der Waals surface area contributed by atoms with E-state index in [1.807, 2.05) is 13.0 Å². The van der Waals surface area contributed by atoms with E-state index >= 15 is 0 Å². The fourth-order valence-electron chi connectivity index (χ4n) is 2.40. The molecule has 0 saturated heterocycles. The van der Waals surface area contributed by atoms with E-state index < -0.39 is 17.2 Å². The Morgan fingerprint density at radius 2 is 2.00 bits per heavy atom. The number of nitrogens with zero attached hydrogens (tertiary/aromatic N) is 2. The molecule has 0 aliphatic rings. The van der Waals surface area contributed by atoms with Crippen molar-refractivity contribution < 1.29 is 9.18 Å². The molecular weight excluding hydrogens is 333 g/mol. The molecule has 3 rings (SSSR count). The second-order valence-corrected chi connectivity index (χ2v) is 5.81. The lowest BCUT2D eigenvalue weighted by molar-refractivity contribution is 0.101. The van der Waals surface area contributed by atoms with Crippen LogP contribution in [0, 0.1) is 12.7 Å². The molecule has 1 N–H and O–H groups in total. The highest BCUT2D eigenvalue weighted by Gasteiger charge is 2.17. The molecule has 1 aromatic heterocycles. The number of carbonyl (C=O) groups excluding carboxylic acids is 1. The first-order valence-corrected chi connectivity index (χ1v) is 7.48. The normalized spacial score (nSPS) is 10.8. The third-order valence-corrected chi connectivity index (χ3v) is 3.89. The highest BCUT2D eigenvalue weighted by molar-refractivity contribution is 6.31. The van der Waals surface area contributed by atoms with Gasteiger partial charge in [-0.3, -0.25) is 14.3 Å². The first-order chi connectivity index (χ1) is 11.4. The van der Waals surface area contributed by atoms with Gasteiger partial charge < -0.3 is 5.32 Å². The van der Waals surface area contributed by atoms with Gasteiger partial charge in [-0.1, -0.05) is 23.2 Å². The Bertz CT molecular complexity index is 1030. The minimum atomic E-state index is -0.679. The SMILES string of the molecule is Cc1ccc2c(c1)c(=O)c(C(=O)Nc1ccc(F)c(Cl)c1)nn2C. The van der Waals surface area contributed by atoms with Gasteiger partial charge >= 0.3 is 0 Å². The average Bonchev–Trinajstić information content (AvgIpc) is 2.54. The van der Waals surface area contributed by atoms with Crippen molar-refractivity contribution in [1.29, 1.82) is 0 Å². The smallest absolute Gasteiger partial charge is 0.280 e. The first kappa shape index (κ1) is 16.1. The molecule has 0 aliphatic carbocycles. The molecule has 5 nitrogen and oxygen atoms in total. The summed E-state index contributed by atoms with van der Waals surface area (Å²) in [5, 5.41) is 6.85. The maximum absolute atomic E-state index is 13.2.